The van der Waals surface area contributed by atoms with Gasteiger partial charge in [-0.25, -0.2) is 14.8 Å². The van der Waals surface area contributed by atoms with E-state index >= 15 is 0 Å². The van der Waals surface area contributed by atoms with Crippen LogP contribution in [0, 0.1) is 50.7 Å². The van der Waals surface area contributed by atoms with Crippen LogP contribution < -0.4 is 10.6 Å². The zero-order chi connectivity index (χ0) is 37.4. The zero-order valence-electron chi connectivity index (χ0n) is 32.7. The number of hydrogen-bond donors (Lipinski definition) is 3. The standard InChI is InChI=1S/C41H60N4O6.ClH/c1-24(2)32-27(46)18-41(45-35(50)44-22-25-20-42-23-43-21-25)17-16-39(8)26(33(32)41)10-11-29-38(7)14-13-30(51-31(47)19-36(3,4)34(48)49)37(5,6)28(38)12-15-40(29,39)9;/h20-21,23-24,26,28-30H,10-19,22H2,1-9H3,(H,48,49)(H2,44,45,50);1H/t26?,28?,29?,30-,38-,39+,40+,41+;/m0./s1. The van der Waals surface area contributed by atoms with Crippen molar-refractivity contribution in [2.24, 2.45) is 50.7 Å². The van der Waals surface area contributed by atoms with Gasteiger partial charge in [0.25, 0.3) is 0 Å². The summed E-state index contributed by atoms with van der Waals surface area (Å²) >= 11 is 0. The third-order valence-corrected chi connectivity index (χ3v) is 15.2. The Morgan fingerprint density at radius 3 is 2.25 bits per heavy atom. The molecule has 4 saturated carbocycles. The van der Waals surface area contributed by atoms with Crippen LogP contribution in [0.5, 0.6) is 0 Å². The summed E-state index contributed by atoms with van der Waals surface area (Å²) in [6.45, 7) is 19.7. The molecule has 4 fully saturated rings. The number of Topliss-reactive ketones (excluding diaryl/α,β-unsaturated/α-hetero) is 1. The lowest BCUT2D eigenvalue weighted by Gasteiger charge is -2.72. The first-order valence-corrected chi connectivity index (χ1v) is 19.2. The average molecular weight is 741 g/mol. The van der Waals surface area contributed by atoms with Crippen LogP contribution in [-0.2, 0) is 25.7 Å². The van der Waals surface area contributed by atoms with Gasteiger partial charge in [0.05, 0.1) is 17.4 Å². The minimum atomic E-state index is -1.17. The molecule has 1 aromatic heterocycles. The molecule has 3 unspecified atom stereocenters. The number of nitrogens with zero attached hydrogens (tertiary/aromatic N) is 2. The van der Waals surface area contributed by atoms with E-state index in [1.165, 1.54) is 11.9 Å². The van der Waals surface area contributed by atoms with Crippen molar-refractivity contribution in [1.29, 1.82) is 0 Å². The Morgan fingerprint density at radius 1 is 0.942 bits per heavy atom. The monoisotopic (exact) mass is 740 g/mol. The molecule has 8 atom stereocenters. The lowest BCUT2D eigenvalue weighted by atomic mass is 9.33. The van der Waals surface area contributed by atoms with Gasteiger partial charge < -0.3 is 20.5 Å². The van der Waals surface area contributed by atoms with Crippen molar-refractivity contribution < 1.29 is 29.0 Å². The number of rotatable bonds is 8. The van der Waals surface area contributed by atoms with Gasteiger partial charge in [0, 0.05) is 36.3 Å². The Hall–Kier alpha value is -3.01. The molecule has 288 valence electrons. The molecule has 0 spiro atoms. The van der Waals surface area contributed by atoms with Gasteiger partial charge in [-0.3, -0.25) is 14.4 Å². The normalized spacial score (nSPS) is 36.4. The Labute approximate surface area is 315 Å². The highest BCUT2D eigenvalue weighted by Crippen LogP contribution is 2.76. The quantitative estimate of drug-likeness (QED) is 0.229. The number of carbonyl (C=O) groups is 4. The fourth-order valence-electron chi connectivity index (χ4n) is 12.4. The molecule has 0 radical (unpaired) electrons. The Morgan fingerprint density at radius 2 is 1.62 bits per heavy atom. The van der Waals surface area contributed by atoms with Crippen LogP contribution in [-0.4, -0.2) is 50.5 Å². The molecule has 0 saturated heterocycles. The Balaban J connectivity index is 0.00000523. The van der Waals surface area contributed by atoms with Crippen LogP contribution in [0.2, 0.25) is 0 Å². The van der Waals surface area contributed by atoms with Crippen LogP contribution in [0.15, 0.2) is 29.9 Å². The van der Waals surface area contributed by atoms with Crippen molar-refractivity contribution in [2.45, 2.75) is 145 Å². The highest BCUT2D eigenvalue weighted by Gasteiger charge is 2.70. The summed E-state index contributed by atoms with van der Waals surface area (Å²) in [5, 5.41) is 16.0. The van der Waals surface area contributed by atoms with Gasteiger partial charge in [-0.15, -0.1) is 12.4 Å². The van der Waals surface area contributed by atoms with Gasteiger partial charge in [-0.1, -0.05) is 48.5 Å². The van der Waals surface area contributed by atoms with Gasteiger partial charge in [0.15, 0.2) is 5.78 Å². The van der Waals surface area contributed by atoms with E-state index < -0.39 is 22.9 Å². The lowest BCUT2D eigenvalue weighted by Crippen LogP contribution is -2.67. The number of urea groups is 1. The molecule has 3 N–H and O–H groups in total. The molecule has 0 bridgehead atoms. The number of hydrogen-bond acceptors (Lipinski definition) is 7. The van der Waals surface area contributed by atoms with Crippen molar-refractivity contribution in [3.8, 4) is 0 Å². The molecule has 2 amide bonds. The maximum Gasteiger partial charge on any atom is 0.315 e. The molecule has 5 aliphatic carbocycles. The Kier molecular flexibility index (Phi) is 10.6. The number of amides is 2. The van der Waals surface area contributed by atoms with Gasteiger partial charge in [-0.05, 0) is 116 Å². The lowest BCUT2D eigenvalue weighted by molar-refractivity contribution is -0.232. The smallest absolute Gasteiger partial charge is 0.315 e. The third-order valence-electron chi connectivity index (χ3n) is 15.2. The second kappa shape index (κ2) is 13.7. The van der Waals surface area contributed by atoms with Crippen molar-refractivity contribution in [3.05, 3.63) is 35.4 Å². The fourth-order valence-corrected chi connectivity index (χ4v) is 12.4. The first kappa shape index (κ1) is 40.2. The molecule has 0 aliphatic heterocycles. The summed E-state index contributed by atoms with van der Waals surface area (Å²) in [6.07, 6.45) is 12.3. The molecular formula is C41H61ClN4O6. The van der Waals surface area contributed by atoms with E-state index in [4.69, 9.17) is 4.74 Å². The fraction of sp³-hybridized carbons (Fsp3) is 0.756. The molecule has 10 nitrogen and oxygen atoms in total. The number of carboxylic acids is 1. The zero-order valence-corrected chi connectivity index (χ0v) is 33.5. The number of carboxylic acid groups (broad SMARTS) is 1. The van der Waals surface area contributed by atoms with E-state index in [-0.39, 0.29) is 70.2 Å². The average Bonchev–Trinajstić information content (AvgIpc) is 3.33. The third kappa shape index (κ3) is 6.26. The van der Waals surface area contributed by atoms with Crippen molar-refractivity contribution in [3.63, 3.8) is 0 Å². The topological polar surface area (TPSA) is 148 Å². The van der Waals surface area contributed by atoms with Gasteiger partial charge in [0.2, 0.25) is 0 Å². The molecule has 52 heavy (non-hydrogen) atoms. The molecule has 1 heterocycles. The number of aromatic nitrogens is 2. The molecular weight excluding hydrogens is 680 g/mol. The summed E-state index contributed by atoms with van der Waals surface area (Å²) in [4.78, 5) is 60.3. The second-order valence-electron chi connectivity index (χ2n) is 19.0. The number of ketones is 1. The summed E-state index contributed by atoms with van der Waals surface area (Å²) in [5.41, 5.74) is 0.845. The minimum absolute atomic E-state index is 0. The summed E-state index contributed by atoms with van der Waals surface area (Å²) in [6, 6.07) is -0.267. The van der Waals surface area contributed by atoms with Gasteiger partial charge >= 0.3 is 18.0 Å². The number of esters is 1. The number of nitrogens with one attached hydrogen (secondary N) is 2. The highest BCUT2D eigenvalue weighted by molar-refractivity contribution is 6.02. The van der Waals surface area contributed by atoms with Crippen LogP contribution in [0.3, 0.4) is 0 Å². The van der Waals surface area contributed by atoms with Crippen LogP contribution in [0.4, 0.5) is 4.79 Å². The van der Waals surface area contributed by atoms with E-state index in [0.717, 1.165) is 62.5 Å². The first-order chi connectivity index (χ1) is 23.7. The van der Waals surface area contributed by atoms with E-state index in [1.807, 2.05) is 0 Å². The summed E-state index contributed by atoms with van der Waals surface area (Å²) < 4.78 is 6.14. The second-order valence-corrected chi connectivity index (χ2v) is 19.0. The minimum Gasteiger partial charge on any atom is -0.481 e. The van der Waals surface area contributed by atoms with Crippen LogP contribution in [0.1, 0.15) is 132 Å². The largest absolute Gasteiger partial charge is 0.481 e. The SMILES string of the molecule is CC(C)C1=C2C3CCC4[C@@]5(C)CC[C@H](OC(=O)CC(C)(C)C(=O)O)C(C)(C)C5CC[C@@]4(C)[C@]3(C)CC[C@@]2(NC(=O)NCc2cncnc2)CC1=O.Cl. The summed E-state index contributed by atoms with van der Waals surface area (Å²) in [7, 11) is 0. The van der Waals surface area contributed by atoms with Gasteiger partial charge in [0.1, 0.15) is 12.4 Å². The van der Waals surface area contributed by atoms with E-state index in [1.54, 1.807) is 26.2 Å². The number of fused-ring (bicyclic) bond motifs is 7. The molecule has 5 aliphatic rings. The Bertz CT molecular complexity index is 1630. The maximum atomic E-state index is 13.9. The number of carbonyl (C=O) groups excluding carboxylic acids is 3. The van der Waals surface area contributed by atoms with Crippen molar-refractivity contribution >= 4 is 36.2 Å². The van der Waals surface area contributed by atoms with Crippen molar-refractivity contribution in [2.75, 3.05) is 0 Å². The number of halogens is 1. The number of aliphatic carboxylic acids is 1. The highest BCUT2D eigenvalue weighted by atomic mass is 35.5. The number of ether oxygens (including phenoxy) is 1. The molecule has 1 aromatic rings. The molecule has 11 heteroatoms. The van der Waals surface area contributed by atoms with Crippen LogP contribution >= 0.6 is 12.4 Å². The van der Waals surface area contributed by atoms with E-state index in [2.05, 4.69) is 69.1 Å². The van der Waals surface area contributed by atoms with E-state index in [9.17, 15) is 24.3 Å². The van der Waals surface area contributed by atoms with Crippen molar-refractivity contribution in [1.82, 2.24) is 20.6 Å². The summed E-state index contributed by atoms with van der Waals surface area (Å²) in [5.74, 6) is -0.177. The predicted molar refractivity (Wildman–Crippen MR) is 200 cm³/mol. The number of allylic oxidation sites excluding steroid dienone is 1. The van der Waals surface area contributed by atoms with Crippen LogP contribution in [0.25, 0.3) is 0 Å². The van der Waals surface area contributed by atoms with E-state index in [0.29, 0.717) is 24.8 Å². The predicted octanol–water partition coefficient (Wildman–Crippen LogP) is 7.84. The molecule has 6 rings (SSSR count). The molecule has 0 aromatic carbocycles. The van der Waals surface area contributed by atoms with Gasteiger partial charge in [-0.2, -0.15) is 0 Å². The first-order valence-electron chi connectivity index (χ1n) is 19.2. The maximum absolute atomic E-state index is 13.9.